The number of nitrogens with one attached hydrogen (secondary N) is 1. The monoisotopic (exact) mass is 532 g/mol. The minimum absolute atomic E-state index is 0.0227. The van der Waals surface area contributed by atoms with E-state index < -0.39 is 0 Å². The molecule has 7 heteroatoms. The van der Waals surface area contributed by atoms with Gasteiger partial charge in [0.2, 0.25) is 5.91 Å². The summed E-state index contributed by atoms with van der Waals surface area (Å²) in [6.07, 6.45) is 8.12. The number of likely N-dealkylation sites (N-methyl/N-ethyl adjacent to an activating group) is 1. The molecule has 1 aromatic heterocycles. The van der Waals surface area contributed by atoms with Gasteiger partial charge in [0.05, 0.1) is 11.9 Å². The smallest absolute Gasteiger partial charge is 0.225 e. The highest BCUT2D eigenvalue weighted by Gasteiger charge is 2.58. The number of amides is 1. The second-order valence-corrected chi connectivity index (χ2v) is 12.6. The Morgan fingerprint density at radius 1 is 1.15 bits per heavy atom. The van der Waals surface area contributed by atoms with Crippen LogP contribution in [0.4, 0.5) is 15.9 Å². The first-order valence-electron chi connectivity index (χ1n) is 14.8. The Kier molecular flexibility index (Phi) is 7.21. The third kappa shape index (κ3) is 4.99. The van der Waals surface area contributed by atoms with Gasteiger partial charge in [-0.1, -0.05) is 19.1 Å². The largest absolute Gasteiger partial charge is 0.368 e. The topological polar surface area (TPSA) is 65.5 Å². The van der Waals surface area contributed by atoms with Gasteiger partial charge in [-0.3, -0.25) is 9.59 Å². The Bertz CT molecular complexity index is 1230. The maximum Gasteiger partial charge on any atom is 0.225 e. The number of halogens is 1. The van der Waals surface area contributed by atoms with E-state index in [1.807, 2.05) is 24.4 Å². The van der Waals surface area contributed by atoms with E-state index in [2.05, 4.69) is 40.1 Å². The quantitative estimate of drug-likeness (QED) is 0.537. The molecule has 6 nitrogen and oxygen atoms in total. The van der Waals surface area contributed by atoms with Gasteiger partial charge < -0.3 is 15.1 Å². The minimum atomic E-state index is -0.269. The van der Waals surface area contributed by atoms with E-state index in [0.717, 1.165) is 76.0 Å². The van der Waals surface area contributed by atoms with Crippen LogP contribution in [0.2, 0.25) is 0 Å². The molecule has 1 saturated heterocycles. The Hall–Kier alpha value is -2.80. The van der Waals surface area contributed by atoms with Crippen molar-refractivity contribution in [3.8, 4) is 0 Å². The second-order valence-electron chi connectivity index (χ2n) is 12.6. The van der Waals surface area contributed by atoms with Gasteiger partial charge >= 0.3 is 0 Å². The van der Waals surface area contributed by atoms with Crippen LogP contribution in [0.15, 0.2) is 36.5 Å². The van der Waals surface area contributed by atoms with Crippen LogP contribution in [0.1, 0.15) is 68.9 Å². The molecular formula is C32H41FN4O2. The number of carbonyl (C=O) groups is 2. The van der Waals surface area contributed by atoms with Crippen LogP contribution in [0.3, 0.4) is 0 Å². The van der Waals surface area contributed by atoms with Gasteiger partial charge in [-0.2, -0.15) is 0 Å². The maximum absolute atomic E-state index is 14.5. The lowest BCUT2D eigenvalue weighted by Crippen LogP contribution is -2.44. The van der Waals surface area contributed by atoms with Gasteiger partial charge in [0.25, 0.3) is 0 Å². The highest BCUT2D eigenvalue weighted by Crippen LogP contribution is 2.62. The molecule has 1 amide bonds. The average Bonchev–Trinajstić information content (AvgIpc) is 3.19. The number of rotatable bonds is 6. The predicted molar refractivity (Wildman–Crippen MR) is 151 cm³/mol. The van der Waals surface area contributed by atoms with Crippen molar-refractivity contribution in [2.75, 3.05) is 43.4 Å². The van der Waals surface area contributed by atoms with Gasteiger partial charge in [-0.25, -0.2) is 9.37 Å². The van der Waals surface area contributed by atoms with Gasteiger partial charge in [0.15, 0.2) is 0 Å². The van der Waals surface area contributed by atoms with Gasteiger partial charge in [-0.05, 0) is 98.6 Å². The van der Waals surface area contributed by atoms with Crippen LogP contribution < -0.4 is 10.2 Å². The molecule has 208 valence electrons. The molecule has 2 saturated carbocycles. The molecule has 0 spiro atoms. The van der Waals surface area contributed by atoms with E-state index in [4.69, 9.17) is 0 Å². The van der Waals surface area contributed by atoms with Crippen LogP contribution in [-0.2, 0) is 16.0 Å². The number of fused-ring (bicyclic) bond motifs is 5. The highest BCUT2D eigenvalue weighted by atomic mass is 19.1. The minimum Gasteiger partial charge on any atom is -0.368 e. The van der Waals surface area contributed by atoms with Crippen LogP contribution in [-0.4, -0.2) is 54.8 Å². The fourth-order valence-electron chi connectivity index (χ4n) is 8.34. The Balaban J connectivity index is 1.05. The van der Waals surface area contributed by atoms with Crippen molar-refractivity contribution < 1.29 is 14.0 Å². The number of nitrogens with zero attached hydrogens (tertiary/aromatic N) is 3. The van der Waals surface area contributed by atoms with Crippen molar-refractivity contribution >= 4 is 23.2 Å². The van der Waals surface area contributed by atoms with Crippen molar-refractivity contribution in [2.24, 2.45) is 23.2 Å². The molecule has 1 N–H and O–H groups in total. The SMILES string of the molecule is CN1CCN(c2ccc(NC(=O)CCC[C@@H]3CC(=O)[C@@]4(C)CCC5c6cccc(F)c6CCC5C34)nc2)CC1. The van der Waals surface area contributed by atoms with Crippen molar-refractivity contribution in [1.82, 2.24) is 9.88 Å². The van der Waals surface area contributed by atoms with E-state index in [0.29, 0.717) is 48.1 Å². The van der Waals surface area contributed by atoms with E-state index >= 15 is 0 Å². The lowest BCUT2D eigenvalue weighted by molar-refractivity contribution is -0.129. The number of carbonyl (C=O) groups excluding carboxylic acids is 2. The first-order valence-corrected chi connectivity index (χ1v) is 14.8. The van der Waals surface area contributed by atoms with Crippen molar-refractivity contribution in [2.45, 2.75) is 64.2 Å². The molecule has 3 aliphatic carbocycles. The van der Waals surface area contributed by atoms with Crippen LogP contribution >= 0.6 is 0 Å². The summed E-state index contributed by atoms with van der Waals surface area (Å²) in [5.74, 6) is 2.29. The molecule has 3 unspecified atom stereocenters. The first kappa shape index (κ1) is 26.4. The fraction of sp³-hybridized carbons (Fsp3) is 0.594. The molecule has 1 aliphatic heterocycles. The third-order valence-corrected chi connectivity index (χ3v) is 10.4. The summed E-state index contributed by atoms with van der Waals surface area (Å²) in [5, 5.41) is 2.96. The van der Waals surface area contributed by atoms with Gasteiger partial charge in [0, 0.05) is 44.4 Å². The fourth-order valence-corrected chi connectivity index (χ4v) is 8.34. The van der Waals surface area contributed by atoms with E-state index in [1.165, 1.54) is 5.56 Å². The van der Waals surface area contributed by atoms with Crippen LogP contribution in [0.25, 0.3) is 0 Å². The molecule has 3 fully saturated rings. The number of anilines is 2. The van der Waals surface area contributed by atoms with Crippen LogP contribution in [0, 0.1) is 29.0 Å². The summed E-state index contributed by atoms with van der Waals surface area (Å²) in [4.78, 5) is 35.1. The standard InChI is InChI=1S/C32H41FN4O2/c1-32-14-13-24-23-6-4-7-27(33)25(23)10-11-26(24)31(32)21(19-28(32)38)5-3-8-30(39)35-29-12-9-22(20-34-29)37-17-15-36(2)16-18-37/h4,6-7,9,12,20-21,24,26,31H,3,5,8,10-11,13-19H2,1-2H3,(H,34,35,39)/t21-,24?,26?,31?,32-/m1/s1. The van der Waals surface area contributed by atoms with Crippen LogP contribution in [0.5, 0.6) is 0 Å². The molecule has 5 atom stereocenters. The Labute approximate surface area is 231 Å². The number of ketones is 1. The van der Waals surface area contributed by atoms with Gasteiger partial charge in [-0.15, -0.1) is 0 Å². The lowest BCUT2D eigenvalue weighted by Gasteiger charge is -2.50. The van der Waals surface area contributed by atoms with E-state index in [9.17, 15) is 14.0 Å². The van der Waals surface area contributed by atoms with E-state index in [-0.39, 0.29) is 17.1 Å². The maximum atomic E-state index is 14.5. The molecule has 39 heavy (non-hydrogen) atoms. The molecular weight excluding hydrogens is 491 g/mol. The normalized spacial score (nSPS) is 30.4. The second kappa shape index (κ2) is 10.6. The van der Waals surface area contributed by atoms with Crippen molar-refractivity contribution in [3.63, 3.8) is 0 Å². The number of Topliss-reactive ketones (excluding diaryl/α,β-unsaturated/α-hetero) is 1. The lowest BCUT2D eigenvalue weighted by atomic mass is 9.54. The molecule has 2 heterocycles. The summed E-state index contributed by atoms with van der Waals surface area (Å²) >= 11 is 0. The molecule has 1 aromatic carbocycles. The summed E-state index contributed by atoms with van der Waals surface area (Å²) in [5.41, 5.74) is 2.89. The zero-order chi connectivity index (χ0) is 27.1. The molecule has 6 rings (SSSR count). The zero-order valence-corrected chi connectivity index (χ0v) is 23.3. The third-order valence-electron chi connectivity index (χ3n) is 10.4. The molecule has 2 aromatic rings. The molecule has 0 radical (unpaired) electrons. The first-order chi connectivity index (χ1) is 18.8. The Morgan fingerprint density at radius 2 is 1.97 bits per heavy atom. The number of aromatic nitrogens is 1. The summed E-state index contributed by atoms with van der Waals surface area (Å²) < 4.78 is 14.5. The van der Waals surface area contributed by atoms with Crippen molar-refractivity contribution in [1.29, 1.82) is 0 Å². The Morgan fingerprint density at radius 3 is 2.74 bits per heavy atom. The number of piperazine rings is 1. The van der Waals surface area contributed by atoms with Gasteiger partial charge in [0.1, 0.15) is 17.4 Å². The number of benzene rings is 1. The molecule has 0 bridgehead atoms. The number of pyridine rings is 1. The summed E-state index contributed by atoms with van der Waals surface area (Å²) in [6, 6.07) is 9.45. The summed E-state index contributed by atoms with van der Waals surface area (Å²) in [6.45, 7) is 6.23. The molecule has 4 aliphatic rings. The predicted octanol–water partition coefficient (Wildman–Crippen LogP) is 5.43. The highest BCUT2D eigenvalue weighted by molar-refractivity contribution is 5.90. The number of hydrogen-bond acceptors (Lipinski definition) is 5. The van der Waals surface area contributed by atoms with Crippen molar-refractivity contribution in [3.05, 3.63) is 53.5 Å². The number of hydrogen-bond donors (Lipinski definition) is 1. The summed E-state index contributed by atoms with van der Waals surface area (Å²) in [7, 11) is 2.14. The average molecular weight is 533 g/mol. The zero-order valence-electron chi connectivity index (χ0n) is 23.3. The van der Waals surface area contributed by atoms with E-state index in [1.54, 1.807) is 6.07 Å².